The lowest BCUT2D eigenvalue weighted by Crippen LogP contribution is -2.66. The van der Waals surface area contributed by atoms with Gasteiger partial charge >= 0.3 is 6.11 Å². The molecule has 5 aliphatic rings. The first kappa shape index (κ1) is 24.5. The molecule has 35 heavy (non-hydrogen) atoms. The topological polar surface area (TPSA) is 78.4 Å². The van der Waals surface area contributed by atoms with Gasteiger partial charge < -0.3 is 24.4 Å². The van der Waals surface area contributed by atoms with Crippen LogP contribution in [0.3, 0.4) is 0 Å². The van der Waals surface area contributed by atoms with E-state index in [9.17, 15) is 18.0 Å². The number of hydrogen-bond acceptors (Lipinski definition) is 6. The van der Waals surface area contributed by atoms with Gasteiger partial charge in [-0.1, -0.05) is 17.3 Å². The monoisotopic (exact) mass is 496 g/mol. The summed E-state index contributed by atoms with van der Waals surface area (Å²) in [6, 6.07) is 5.07. The molecule has 10 heteroatoms. The molecule has 1 amide bonds. The molecule has 3 heterocycles. The van der Waals surface area contributed by atoms with E-state index in [0.717, 1.165) is 32.6 Å². The lowest BCUT2D eigenvalue weighted by atomic mass is 9.68. The minimum Gasteiger partial charge on any atom is -0.389 e. The number of carbonyl (C=O) groups is 1. The van der Waals surface area contributed by atoms with Crippen molar-refractivity contribution in [3.63, 3.8) is 0 Å². The molecule has 1 N–H and O–H groups in total. The van der Waals surface area contributed by atoms with Crippen molar-refractivity contribution in [3.05, 3.63) is 35.1 Å². The fraction of sp³-hybridized carbons (Fsp3) is 0.680. The van der Waals surface area contributed by atoms with Crippen LogP contribution in [0, 0.1) is 12.7 Å². The van der Waals surface area contributed by atoms with Gasteiger partial charge in [0, 0.05) is 31.7 Å². The number of nitrogens with zero attached hydrogens (tertiary/aromatic N) is 1. The van der Waals surface area contributed by atoms with Gasteiger partial charge in [-0.3, -0.25) is 4.79 Å². The van der Waals surface area contributed by atoms with Gasteiger partial charge in [-0.2, -0.15) is 8.78 Å². The molecule has 0 aromatic heterocycles. The standard InChI is InChI=1S/C25H31F3N2O5/c1-15-3-4-16(9-19(15)26)20-12-21(35-30-20)25-7-5-24(6-8-25,14-33-25)29-22(31)13-32-17-10-18(11-17)34-23(2,27)28/h3-4,9,17-18,21H,5-8,10-14H2,1-2H3,(H,29,31). The van der Waals surface area contributed by atoms with E-state index in [4.69, 9.17) is 14.3 Å². The Hall–Kier alpha value is -2.17. The SMILES string of the molecule is Cc1ccc(C2=NOC(C34CCC(NC(=O)COC5CC(OC(C)(F)F)C5)(CC3)CO4)C2)cc1F. The average molecular weight is 497 g/mol. The number of hydrogen-bond donors (Lipinski definition) is 1. The molecular formula is C25H31F3N2O5. The zero-order valence-corrected chi connectivity index (χ0v) is 20.0. The Balaban J connectivity index is 1.08. The summed E-state index contributed by atoms with van der Waals surface area (Å²) in [6.07, 6.45) is 0.00940. The summed E-state index contributed by atoms with van der Waals surface area (Å²) in [4.78, 5) is 18.3. The summed E-state index contributed by atoms with van der Waals surface area (Å²) < 4.78 is 56.1. The van der Waals surface area contributed by atoms with E-state index in [0.29, 0.717) is 42.7 Å². The smallest absolute Gasteiger partial charge is 0.353 e. The predicted octanol–water partition coefficient (Wildman–Crippen LogP) is 4.00. The van der Waals surface area contributed by atoms with Gasteiger partial charge in [-0.25, -0.2) is 4.39 Å². The second-order valence-corrected chi connectivity index (χ2v) is 10.4. The van der Waals surface area contributed by atoms with Crippen LogP contribution in [-0.4, -0.2) is 60.4 Å². The Morgan fingerprint density at radius 2 is 1.97 bits per heavy atom. The fourth-order valence-corrected chi connectivity index (χ4v) is 5.47. The summed E-state index contributed by atoms with van der Waals surface area (Å²) in [7, 11) is 0. The number of fused-ring (bicyclic) bond motifs is 3. The van der Waals surface area contributed by atoms with Gasteiger partial charge in [0.05, 0.1) is 30.1 Å². The lowest BCUT2D eigenvalue weighted by Gasteiger charge is -2.54. The van der Waals surface area contributed by atoms with Crippen molar-refractivity contribution in [1.29, 1.82) is 0 Å². The van der Waals surface area contributed by atoms with Crippen molar-refractivity contribution in [2.75, 3.05) is 13.2 Å². The number of nitrogens with one attached hydrogen (secondary N) is 1. The van der Waals surface area contributed by atoms with Crippen molar-refractivity contribution in [2.45, 2.75) is 94.4 Å². The minimum absolute atomic E-state index is 0.122. The highest BCUT2D eigenvalue weighted by Gasteiger charge is 2.56. The number of carbonyl (C=O) groups excluding carboxylic acids is 1. The van der Waals surface area contributed by atoms with Crippen molar-refractivity contribution >= 4 is 11.6 Å². The van der Waals surface area contributed by atoms with Gasteiger partial charge in [0.25, 0.3) is 0 Å². The van der Waals surface area contributed by atoms with Crippen LogP contribution >= 0.6 is 0 Å². The minimum atomic E-state index is -3.15. The number of oxime groups is 1. The average Bonchev–Trinajstić information content (AvgIpc) is 3.28. The van der Waals surface area contributed by atoms with Crippen LogP contribution in [0.4, 0.5) is 13.2 Å². The third-order valence-corrected chi connectivity index (χ3v) is 7.73. The quantitative estimate of drug-likeness (QED) is 0.589. The fourth-order valence-electron chi connectivity index (χ4n) is 5.47. The number of benzene rings is 1. The maximum Gasteiger partial charge on any atom is 0.353 e. The van der Waals surface area contributed by atoms with E-state index >= 15 is 0 Å². The summed E-state index contributed by atoms with van der Waals surface area (Å²) in [6.45, 7) is 2.69. The van der Waals surface area contributed by atoms with E-state index in [2.05, 4.69) is 15.2 Å². The van der Waals surface area contributed by atoms with Crippen LogP contribution in [0.1, 0.15) is 63.0 Å². The molecule has 0 spiro atoms. The van der Waals surface area contributed by atoms with E-state index in [1.165, 1.54) is 6.07 Å². The van der Waals surface area contributed by atoms with Gasteiger partial charge in [-0.15, -0.1) is 0 Å². The molecule has 7 nitrogen and oxygen atoms in total. The Bertz CT molecular complexity index is 981. The number of amides is 1. The zero-order valence-electron chi connectivity index (χ0n) is 20.0. The highest BCUT2D eigenvalue weighted by Crippen LogP contribution is 2.48. The molecule has 2 bridgehead atoms. The Kier molecular flexibility index (Phi) is 6.34. The molecule has 1 aromatic rings. The van der Waals surface area contributed by atoms with Gasteiger partial charge in [0.15, 0.2) is 6.10 Å². The molecule has 4 fully saturated rings. The maximum atomic E-state index is 14.0. The van der Waals surface area contributed by atoms with Crippen LogP contribution in [0.25, 0.3) is 0 Å². The van der Waals surface area contributed by atoms with Crippen LogP contribution < -0.4 is 5.32 Å². The van der Waals surface area contributed by atoms with E-state index < -0.39 is 23.4 Å². The molecule has 6 rings (SSSR count). The van der Waals surface area contributed by atoms with Gasteiger partial charge in [0.2, 0.25) is 5.91 Å². The van der Waals surface area contributed by atoms with Crippen LogP contribution in [0.2, 0.25) is 0 Å². The van der Waals surface area contributed by atoms with Gasteiger partial charge in [-0.05, 0) is 44.2 Å². The third-order valence-electron chi connectivity index (χ3n) is 7.73. The van der Waals surface area contributed by atoms with E-state index in [1.807, 2.05) is 6.07 Å². The third kappa shape index (κ3) is 5.20. The summed E-state index contributed by atoms with van der Waals surface area (Å²) in [5.74, 6) is -0.506. The molecule has 1 atom stereocenters. The Morgan fingerprint density at radius 3 is 2.60 bits per heavy atom. The van der Waals surface area contributed by atoms with Crippen molar-refractivity contribution in [1.82, 2.24) is 5.32 Å². The Labute approximate surface area is 202 Å². The van der Waals surface area contributed by atoms with Crippen molar-refractivity contribution in [3.8, 4) is 0 Å². The summed E-state index contributed by atoms with van der Waals surface area (Å²) in [5.41, 5.74) is 1.10. The molecule has 0 radical (unpaired) electrons. The number of ether oxygens (including phenoxy) is 3. The van der Waals surface area contributed by atoms with Crippen molar-refractivity contribution < 1.29 is 37.0 Å². The molecule has 192 valence electrons. The van der Waals surface area contributed by atoms with E-state index in [1.54, 1.807) is 13.0 Å². The number of halogens is 3. The van der Waals surface area contributed by atoms with Crippen LogP contribution in [0.15, 0.2) is 23.4 Å². The maximum absolute atomic E-state index is 14.0. The first-order chi connectivity index (χ1) is 16.5. The lowest BCUT2D eigenvalue weighted by molar-refractivity contribution is -0.275. The number of rotatable bonds is 8. The number of alkyl halides is 2. The van der Waals surface area contributed by atoms with Crippen LogP contribution in [0.5, 0.6) is 0 Å². The molecule has 1 aromatic carbocycles. The molecule has 2 aliphatic carbocycles. The summed E-state index contributed by atoms with van der Waals surface area (Å²) in [5, 5.41) is 7.30. The largest absolute Gasteiger partial charge is 0.389 e. The highest BCUT2D eigenvalue weighted by atomic mass is 19.3. The highest BCUT2D eigenvalue weighted by molar-refractivity contribution is 6.01. The van der Waals surface area contributed by atoms with E-state index in [-0.39, 0.29) is 30.5 Å². The molecular weight excluding hydrogens is 465 g/mol. The second kappa shape index (κ2) is 9.05. The first-order valence-corrected chi connectivity index (χ1v) is 12.2. The predicted molar refractivity (Wildman–Crippen MR) is 120 cm³/mol. The van der Waals surface area contributed by atoms with Crippen molar-refractivity contribution in [2.24, 2.45) is 5.16 Å². The zero-order chi connectivity index (χ0) is 24.8. The number of aryl methyl sites for hydroxylation is 1. The molecule has 2 saturated carbocycles. The van der Waals surface area contributed by atoms with Crippen LogP contribution in [-0.2, 0) is 23.8 Å². The summed E-state index contributed by atoms with van der Waals surface area (Å²) >= 11 is 0. The molecule has 1 unspecified atom stereocenters. The normalized spacial score (nSPS) is 34.2. The second-order valence-electron chi connectivity index (χ2n) is 10.4. The Morgan fingerprint density at radius 1 is 1.23 bits per heavy atom. The first-order valence-electron chi connectivity index (χ1n) is 12.2. The molecule has 2 saturated heterocycles. The molecule has 3 aliphatic heterocycles. The van der Waals surface area contributed by atoms with Gasteiger partial charge in [0.1, 0.15) is 18.0 Å².